The monoisotopic (exact) mass is 413 g/mol. The van der Waals surface area contributed by atoms with Crippen LogP contribution in [0.5, 0.6) is 5.75 Å². The molecule has 0 unspecified atom stereocenters. The molecule has 2 aromatic rings. The van der Waals surface area contributed by atoms with Gasteiger partial charge in [0.2, 0.25) is 0 Å². The lowest BCUT2D eigenvalue weighted by atomic mass is 10.0. The topological polar surface area (TPSA) is 102 Å². The summed E-state index contributed by atoms with van der Waals surface area (Å²) < 4.78 is 0. The van der Waals surface area contributed by atoms with Gasteiger partial charge in [-0.3, -0.25) is 14.6 Å². The summed E-state index contributed by atoms with van der Waals surface area (Å²) in [6.07, 6.45) is 0.453. The number of hydrogen-bond acceptors (Lipinski definition) is 5. The first-order valence-corrected chi connectivity index (χ1v) is 10.1. The fourth-order valence-corrected chi connectivity index (χ4v) is 3.15. The van der Waals surface area contributed by atoms with Crippen LogP contribution in [-0.2, 0) is 11.3 Å². The first-order chi connectivity index (χ1) is 14.3. The fourth-order valence-electron chi connectivity index (χ4n) is 3.15. The predicted molar refractivity (Wildman–Crippen MR) is 116 cm³/mol. The zero-order valence-corrected chi connectivity index (χ0v) is 17.8. The summed E-state index contributed by atoms with van der Waals surface area (Å²) in [4.78, 5) is 26.2. The molecule has 0 spiro atoms. The molecule has 0 aliphatic carbocycles. The van der Waals surface area contributed by atoms with E-state index in [1.807, 2.05) is 44.2 Å². The van der Waals surface area contributed by atoms with Crippen molar-refractivity contribution in [1.82, 2.24) is 15.8 Å². The van der Waals surface area contributed by atoms with Gasteiger partial charge >= 0.3 is 0 Å². The van der Waals surface area contributed by atoms with Gasteiger partial charge in [-0.15, -0.1) is 0 Å². The average molecular weight is 414 g/mol. The molecule has 1 atom stereocenters. The summed E-state index contributed by atoms with van der Waals surface area (Å²) in [6.45, 7) is 6.02. The van der Waals surface area contributed by atoms with E-state index in [1.165, 1.54) is 11.1 Å². The molecule has 2 rings (SSSR count). The number of rotatable bonds is 10. The van der Waals surface area contributed by atoms with Crippen LogP contribution in [0.25, 0.3) is 0 Å². The number of aliphatic hydroxyl groups is 1. The SMILES string of the molecule is Cc1c(O)cccc1C(=O)N[C@@H](CC(C)C)C(=O)N(Cc1ccccc1)NCCO. The minimum atomic E-state index is -0.755. The van der Waals surface area contributed by atoms with E-state index in [2.05, 4.69) is 10.7 Å². The molecule has 0 radical (unpaired) electrons. The molecule has 2 aromatic carbocycles. The molecule has 0 aliphatic rings. The van der Waals surface area contributed by atoms with Gasteiger partial charge in [-0.1, -0.05) is 50.2 Å². The standard InChI is InChI=1S/C23H31N3O4/c1-16(2)14-20(25-22(29)19-10-7-11-21(28)17(19)3)23(30)26(24-12-13-27)15-18-8-5-4-6-9-18/h4-11,16,20,24,27-28H,12-15H2,1-3H3,(H,25,29)/t20-/m0/s1. The van der Waals surface area contributed by atoms with Crippen LogP contribution in [0.1, 0.15) is 41.8 Å². The number of phenolic OH excluding ortho intramolecular Hbond substituents is 1. The fraction of sp³-hybridized carbons (Fsp3) is 0.391. The minimum absolute atomic E-state index is 0.0321. The maximum Gasteiger partial charge on any atom is 0.259 e. The molecule has 4 N–H and O–H groups in total. The quantitative estimate of drug-likeness (QED) is 0.448. The number of nitrogens with one attached hydrogen (secondary N) is 2. The Morgan fingerprint density at radius 2 is 1.77 bits per heavy atom. The highest BCUT2D eigenvalue weighted by molar-refractivity contribution is 5.99. The zero-order valence-electron chi connectivity index (χ0n) is 17.8. The van der Waals surface area contributed by atoms with Gasteiger partial charge in [0, 0.05) is 17.7 Å². The molecule has 0 aliphatic heterocycles. The van der Waals surface area contributed by atoms with E-state index in [0.717, 1.165) is 5.56 Å². The van der Waals surface area contributed by atoms with Crippen LogP contribution in [0.15, 0.2) is 48.5 Å². The van der Waals surface area contributed by atoms with Crippen LogP contribution in [0, 0.1) is 12.8 Å². The van der Waals surface area contributed by atoms with E-state index in [-0.39, 0.29) is 30.7 Å². The Bertz CT molecular complexity index is 840. The Balaban J connectivity index is 2.24. The summed E-state index contributed by atoms with van der Waals surface area (Å²) in [6, 6.07) is 13.5. The van der Waals surface area contributed by atoms with Crippen LogP contribution in [0.2, 0.25) is 0 Å². The molecule has 0 bridgehead atoms. The number of carbonyl (C=O) groups is 2. The molecular weight excluding hydrogens is 382 g/mol. The van der Waals surface area contributed by atoms with Gasteiger partial charge in [-0.25, -0.2) is 5.43 Å². The number of amides is 2. The second-order valence-corrected chi connectivity index (χ2v) is 7.65. The van der Waals surface area contributed by atoms with Crippen LogP contribution in [-0.4, -0.2) is 46.2 Å². The van der Waals surface area contributed by atoms with Crippen LogP contribution < -0.4 is 10.7 Å². The van der Waals surface area contributed by atoms with Crippen molar-refractivity contribution in [3.8, 4) is 5.75 Å². The van der Waals surface area contributed by atoms with E-state index >= 15 is 0 Å². The maximum absolute atomic E-state index is 13.3. The Kier molecular flexibility index (Phi) is 8.83. The van der Waals surface area contributed by atoms with Crippen molar-refractivity contribution >= 4 is 11.8 Å². The van der Waals surface area contributed by atoms with Crippen molar-refractivity contribution in [3.63, 3.8) is 0 Å². The Hall–Kier alpha value is -2.90. The molecule has 0 heterocycles. The van der Waals surface area contributed by atoms with Gasteiger partial charge < -0.3 is 15.5 Å². The molecule has 0 saturated carbocycles. The van der Waals surface area contributed by atoms with E-state index in [0.29, 0.717) is 24.1 Å². The highest BCUT2D eigenvalue weighted by Crippen LogP contribution is 2.20. The van der Waals surface area contributed by atoms with Crippen molar-refractivity contribution in [3.05, 3.63) is 65.2 Å². The van der Waals surface area contributed by atoms with Gasteiger partial charge in [0.05, 0.1) is 13.2 Å². The number of benzene rings is 2. The summed E-state index contributed by atoms with van der Waals surface area (Å²) in [5.41, 5.74) is 4.66. The molecule has 0 saturated heterocycles. The van der Waals surface area contributed by atoms with Crippen molar-refractivity contribution in [1.29, 1.82) is 0 Å². The van der Waals surface area contributed by atoms with Gasteiger partial charge in [-0.05, 0) is 37.0 Å². The Morgan fingerprint density at radius 3 is 2.40 bits per heavy atom. The third-order valence-electron chi connectivity index (χ3n) is 4.72. The average Bonchev–Trinajstić information content (AvgIpc) is 2.72. The van der Waals surface area contributed by atoms with Crippen LogP contribution in [0.3, 0.4) is 0 Å². The predicted octanol–water partition coefficient (Wildman–Crippen LogP) is 2.37. The first-order valence-electron chi connectivity index (χ1n) is 10.1. The first kappa shape index (κ1) is 23.4. The second-order valence-electron chi connectivity index (χ2n) is 7.65. The minimum Gasteiger partial charge on any atom is -0.508 e. The number of nitrogens with zero attached hydrogens (tertiary/aromatic N) is 1. The lowest BCUT2D eigenvalue weighted by Crippen LogP contribution is -2.53. The van der Waals surface area contributed by atoms with Gasteiger partial charge in [0.25, 0.3) is 11.8 Å². The third kappa shape index (κ3) is 6.57. The van der Waals surface area contributed by atoms with E-state index in [1.54, 1.807) is 19.1 Å². The van der Waals surface area contributed by atoms with Crippen LogP contribution in [0.4, 0.5) is 0 Å². The number of carbonyl (C=O) groups excluding carboxylic acids is 2. The molecule has 0 fully saturated rings. The largest absolute Gasteiger partial charge is 0.508 e. The van der Waals surface area contributed by atoms with E-state index < -0.39 is 11.9 Å². The molecule has 162 valence electrons. The highest BCUT2D eigenvalue weighted by Gasteiger charge is 2.28. The van der Waals surface area contributed by atoms with Crippen molar-refractivity contribution in [2.45, 2.75) is 39.8 Å². The number of aliphatic hydroxyl groups excluding tert-OH is 1. The van der Waals surface area contributed by atoms with Gasteiger partial charge in [0.15, 0.2) is 0 Å². The normalized spacial score (nSPS) is 11.9. The van der Waals surface area contributed by atoms with E-state index in [4.69, 9.17) is 0 Å². The number of aromatic hydroxyl groups is 1. The summed E-state index contributed by atoms with van der Waals surface area (Å²) in [7, 11) is 0. The van der Waals surface area contributed by atoms with Crippen molar-refractivity contribution in [2.24, 2.45) is 5.92 Å². The molecule has 7 nitrogen and oxygen atoms in total. The summed E-state index contributed by atoms with van der Waals surface area (Å²) in [5.74, 6) is -0.498. The molecule has 30 heavy (non-hydrogen) atoms. The lowest BCUT2D eigenvalue weighted by Gasteiger charge is -2.29. The number of hydrazine groups is 1. The summed E-state index contributed by atoms with van der Waals surface area (Å²) in [5, 5.41) is 23.4. The second kappa shape index (κ2) is 11.3. The van der Waals surface area contributed by atoms with E-state index in [9.17, 15) is 19.8 Å². The van der Waals surface area contributed by atoms with Crippen molar-refractivity contribution < 1.29 is 19.8 Å². The number of hydrogen-bond donors (Lipinski definition) is 4. The highest BCUT2D eigenvalue weighted by atomic mass is 16.3. The van der Waals surface area contributed by atoms with Gasteiger partial charge in [0.1, 0.15) is 11.8 Å². The van der Waals surface area contributed by atoms with Gasteiger partial charge in [-0.2, -0.15) is 0 Å². The van der Waals surface area contributed by atoms with Crippen molar-refractivity contribution in [2.75, 3.05) is 13.2 Å². The zero-order chi connectivity index (χ0) is 22.1. The number of phenols is 1. The molecular formula is C23H31N3O4. The smallest absolute Gasteiger partial charge is 0.259 e. The Morgan fingerprint density at radius 1 is 1.07 bits per heavy atom. The molecule has 2 amide bonds. The Labute approximate surface area is 177 Å². The molecule has 7 heteroatoms. The molecule has 0 aromatic heterocycles. The summed E-state index contributed by atoms with van der Waals surface area (Å²) >= 11 is 0. The maximum atomic E-state index is 13.3. The lowest BCUT2D eigenvalue weighted by molar-refractivity contribution is -0.137. The third-order valence-corrected chi connectivity index (χ3v) is 4.72. The van der Waals surface area contributed by atoms with Crippen LogP contribution >= 0.6 is 0 Å².